The molecule has 3 aromatic carbocycles. The molecule has 4 aliphatic rings. The molecule has 4 aliphatic carbocycles. The molecule has 0 amide bonds. The molecule has 7 rings (SSSR count). The van der Waals surface area contributed by atoms with Crippen molar-refractivity contribution in [3.63, 3.8) is 0 Å². The quantitative estimate of drug-likeness (QED) is 0.0826. The zero-order valence-corrected chi connectivity index (χ0v) is 27.1. The molecule has 46 heavy (non-hydrogen) atoms. The van der Waals surface area contributed by atoms with Crippen molar-refractivity contribution in [2.45, 2.75) is 65.4 Å². The third kappa shape index (κ3) is 7.70. The molecule has 0 unspecified atom stereocenters. The Balaban J connectivity index is 0.000000184. The molecule has 4 fully saturated rings. The van der Waals surface area contributed by atoms with E-state index in [1.807, 2.05) is 36.4 Å². The van der Waals surface area contributed by atoms with Crippen molar-refractivity contribution in [3.8, 4) is 5.75 Å². The fourth-order valence-corrected chi connectivity index (χ4v) is 9.39. The molecule has 7 nitrogen and oxygen atoms in total. The Morgan fingerprint density at radius 2 is 1.28 bits per heavy atom. The number of halogens is 2. The fraction of sp³-hybridized carbons (Fsp3) is 0.371. The van der Waals surface area contributed by atoms with Crippen molar-refractivity contribution in [2.24, 2.45) is 23.2 Å². The minimum atomic E-state index is -5.56. The monoisotopic (exact) mass is 671 g/mol. The van der Waals surface area contributed by atoms with E-state index in [-0.39, 0.29) is 10.9 Å². The Labute approximate surface area is 271 Å². The highest BCUT2D eigenvalue weighted by atomic mass is 32.2. The smallest absolute Gasteiger partial charge is 0.402 e. The molecule has 244 valence electrons. The van der Waals surface area contributed by atoms with Gasteiger partial charge in [0, 0.05) is 5.57 Å². The number of ether oxygens (including phenoxy) is 2. The van der Waals surface area contributed by atoms with Gasteiger partial charge in [0.15, 0.2) is 21.3 Å². The predicted molar refractivity (Wildman–Crippen MR) is 170 cm³/mol. The van der Waals surface area contributed by atoms with E-state index in [1.54, 1.807) is 6.92 Å². The number of alkyl halides is 2. The van der Waals surface area contributed by atoms with Crippen molar-refractivity contribution in [1.82, 2.24) is 0 Å². The van der Waals surface area contributed by atoms with Gasteiger partial charge in [-0.15, -0.1) is 0 Å². The molecule has 0 aliphatic heterocycles. The summed E-state index contributed by atoms with van der Waals surface area (Å²) in [6, 6.07) is 28.6. The van der Waals surface area contributed by atoms with Gasteiger partial charge in [0.1, 0.15) is 5.75 Å². The zero-order chi connectivity index (χ0) is 33.1. The van der Waals surface area contributed by atoms with E-state index in [4.69, 9.17) is 9.29 Å². The fourth-order valence-electron chi connectivity index (χ4n) is 7.10. The second-order valence-electron chi connectivity index (χ2n) is 12.5. The highest BCUT2D eigenvalue weighted by Gasteiger charge is 2.56. The van der Waals surface area contributed by atoms with Crippen LogP contribution in [-0.2, 0) is 35.3 Å². The molecule has 4 saturated carbocycles. The molecule has 0 heterocycles. The first-order valence-corrected chi connectivity index (χ1v) is 17.8. The van der Waals surface area contributed by atoms with Gasteiger partial charge in [0.25, 0.3) is 0 Å². The Morgan fingerprint density at radius 1 is 0.848 bits per heavy atom. The van der Waals surface area contributed by atoms with Gasteiger partial charge >= 0.3 is 27.3 Å². The zero-order valence-electron chi connectivity index (χ0n) is 25.4. The summed E-state index contributed by atoms with van der Waals surface area (Å²) in [5, 5.41) is -4.45. The highest BCUT2D eigenvalue weighted by Crippen LogP contribution is 2.60. The van der Waals surface area contributed by atoms with Gasteiger partial charge in [0.05, 0.1) is 16.3 Å². The second kappa shape index (κ2) is 13.7. The van der Waals surface area contributed by atoms with Crippen LogP contribution >= 0.6 is 0 Å². The molecular formula is C35H37F2O7S2+. The lowest BCUT2D eigenvalue weighted by atomic mass is 9.49. The topological polar surface area (TPSA) is 107 Å². The maximum Gasteiger partial charge on any atom is 0.402 e. The van der Waals surface area contributed by atoms with Crippen LogP contribution in [0.5, 0.6) is 5.75 Å². The van der Waals surface area contributed by atoms with E-state index >= 15 is 0 Å². The second-order valence-corrected chi connectivity index (χ2v) is 16.0. The predicted octanol–water partition coefficient (Wildman–Crippen LogP) is 7.49. The van der Waals surface area contributed by atoms with Crippen LogP contribution in [0.1, 0.15) is 45.4 Å². The van der Waals surface area contributed by atoms with E-state index in [9.17, 15) is 26.8 Å². The molecule has 0 radical (unpaired) electrons. The lowest BCUT2D eigenvalue weighted by molar-refractivity contribution is -0.176. The minimum Gasteiger partial charge on any atom is -0.458 e. The highest BCUT2D eigenvalue weighted by molar-refractivity contribution is 7.97. The van der Waals surface area contributed by atoms with Gasteiger partial charge in [-0.3, -0.25) is 9.35 Å². The van der Waals surface area contributed by atoms with Crippen molar-refractivity contribution >= 4 is 33.0 Å². The number of carbonyl (C=O) groups is 2. The molecule has 0 saturated heterocycles. The van der Waals surface area contributed by atoms with Crippen LogP contribution in [0.15, 0.2) is 112 Å². The minimum absolute atomic E-state index is 0.202. The van der Waals surface area contributed by atoms with Gasteiger partial charge in [0.2, 0.25) is 0 Å². The first-order valence-electron chi connectivity index (χ1n) is 15.1. The van der Waals surface area contributed by atoms with Crippen LogP contribution in [-0.4, -0.2) is 36.8 Å². The van der Waals surface area contributed by atoms with Crippen molar-refractivity contribution in [3.05, 3.63) is 97.1 Å². The summed E-state index contributed by atoms with van der Waals surface area (Å²) >= 11 is 0. The Bertz CT molecular complexity index is 1590. The third-order valence-corrected chi connectivity index (χ3v) is 11.9. The lowest BCUT2D eigenvalue weighted by Crippen LogP contribution is -2.51. The number of rotatable bonds is 9. The van der Waals surface area contributed by atoms with Gasteiger partial charge in [-0.25, -0.2) is 4.79 Å². The van der Waals surface area contributed by atoms with Gasteiger partial charge in [-0.05, 0) is 112 Å². The molecule has 11 heteroatoms. The first kappa shape index (κ1) is 33.8. The van der Waals surface area contributed by atoms with E-state index in [2.05, 4.69) is 59.8 Å². The van der Waals surface area contributed by atoms with Crippen molar-refractivity contribution in [1.29, 1.82) is 0 Å². The van der Waals surface area contributed by atoms with E-state index < -0.39 is 39.3 Å². The van der Waals surface area contributed by atoms with Gasteiger partial charge in [-0.1, -0.05) is 43.0 Å². The van der Waals surface area contributed by atoms with Crippen LogP contribution in [0.3, 0.4) is 0 Å². The summed E-state index contributed by atoms with van der Waals surface area (Å²) in [7, 11) is -5.77. The SMILES string of the molecule is C=C(C)C(=O)Oc1ccc([S+](c2ccccc2)c2ccccc2)cc1.O=C(OCC(F)(F)S(=O)(=O)O)C12CC3CC(CC(C3)C1)C2. The summed E-state index contributed by atoms with van der Waals surface area (Å²) in [6.07, 6.45) is 5.22. The summed E-state index contributed by atoms with van der Waals surface area (Å²) in [5.41, 5.74) is -0.332. The number of benzene rings is 3. The van der Waals surface area contributed by atoms with Gasteiger partial charge in [-0.2, -0.15) is 17.2 Å². The lowest BCUT2D eigenvalue weighted by Gasteiger charge is -2.55. The Kier molecular flexibility index (Phi) is 10.0. The van der Waals surface area contributed by atoms with E-state index in [0.717, 1.165) is 19.3 Å². The van der Waals surface area contributed by atoms with Gasteiger partial charge < -0.3 is 9.47 Å². The van der Waals surface area contributed by atoms with Crippen molar-refractivity contribution < 1.29 is 40.8 Å². The Morgan fingerprint density at radius 3 is 1.70 bits per heavy atom. The number of esters is 2. The summed E-state index contributed by atoms with van der Waals surface area (Å²) in [6.45, 7) is 3.62. The number of hydrogen-bond acceptors (Lipinski definition) is 6. The van der Waals surface area contributed by atoms with Crippen LogP contribution < -0.4 is 4.74 Å². The van der Waals surface area contributed by atoms with Crippen LogP contribution in [0, 0.1) is 23.2 Å². The molecule has 0 atom stereocenters. The first-order chi connectivity index (χ1) is 21.8. The summed E-state index contributed by atoms with van der Waals surface area (Å²) < 4.78 is 65.7. The molecule has 0 spiro atoms. The summed E-state index contributed by atoms with van der Waals surface area (Å²) in [4.78, 5) is 27.6. The largest absolute Gasteiger partial charge is 0.458 e. The molecule has 0 aromatic heterocycles. The average Bonchev–Trinajstić information content (AvgIpc) is 3.01. The Hall–Kier alpha value is -3.54. The van der Waals surface area contributed by atoms with Crippen LogP contribution in [0.25, 0.3) is 0 Å². The average molecular weight is 672 g/mol. The normalized spacial score (nSPS) is 23.3. The number of hydrogen-bond donors (Lipinski definition) is 1. The molecule has 3 aromatic rings. The third-order valence-electron chi connectivity index (χ3n) is 8.80. The molecule has 4 bridgehead atoms. The van der Waals surface area contributed by atoms with Crippen LogP contribution in [0.4, 0.5) is 8.78 Å². The van der Waals surface area contributed by atoms with Crippen LogP contribution in [0.2, 0.25) is 0 Å². The maximum atomic E-state index is 13.1. The molecule has 1 N–H and O–H groups in total. The van der Waals surface area contributed by atoms with E-state index in [1.165, 1.54) is 14.7 Å². The van der Waals surface area contributed by atoms with Crippen molar-refractivity contribution in [2.75, 3.05) is 6.61 Å². The summed E-state index contributed by atoms with van der Waals surface area (Å²) in [5.74, 6) is 0.742. The number of carbonyl (C=O) groups excluding carboxylic acids is 2. The standard InChI is InChI=1S/C22H19O2S.C13H18F2O5S/c1-17(2)22(23)24-18-13-15-21(16-14-18)25(19-9-5-3-6-10-19)20-11-7-4-8-12-20;14-13(15,21(17,18)19)7-20-11(16)12-4-8-1-9(5-12)3-10(2-8)6-12/h3-16H,1H2,2H3;8-10H,1-7H2,(H,17,18,19)/q+1;. The molecular weight excluding hydrogens is 635 g/mol. The van der Waals surface area contributed by atoms with E-state index in [0.29, 0.717) is 48.3 Å². The maximum absolute atomic E-state index is 13.1.